The van der Waals surface area contributed by atoms with Crippen LogP contribution in [0.4, 0.5) is 0 Å². The average Bonchev–Trinajstić information content (AvgIpc) is 3.63. The van der Waals surface area contributed by atoms with Crippen LogP contribution in [0.5, 0.6) is 11.5 Å². The third kappa shape index (κ3) is 5.14. The molecule has 0 N–H and O–H groups in total. The zero-order valence-electron chi connectivity index (χ0n) is 30.9. The number of hydrogen-bond acceptors (Lipinski definition) is 1. The van der Waals surface area contributed by atoms with E-state index in [1.165, 1.54) is 47.3 Å². The second-order valence-corrected chi connectivity index (χ2v) is 21.8. The molecule has 0 fully saturated rings. The van der Waals surface area contributed by atoms with E-state index in [1.54, 1.807) is 0 Å². The fourth-order valence-electron chi connectivity index (χ4n) is 9.27. The van der Waals surface area contributed by atoms with E-state index in [0.29, 0.717) is 0 Å². The SMILES string of the molecule is c1ccc(-c2c([Si](c3ccccc3)(c3ccccc3)c3ccccc3)c3c(n2-c2ccccc2)[Si](c2ccccc2)(c2ccccc2)c2ccccc2O3)cc1. The molecule has 9 aromatic rings. The molecule has 2 nitrogen and oxygen atoms in total. The predicted molar refractivity (Wildman–Crippen MR) is 239 cm³/mol. The Hall–Kier alpha value is -6.73. The Morgan fingerprint density at radius 2 is 0.786 bits per heavy atom. The minimum Gasteiger partial charge on any atom is -0.456 e. The van der Waals surface area contributed by atoms with Crippen LogP contribution in [0.3, 0.4) is 0 Å². The fourth-order valence-corrected chi connectivity index (χ4v) is 19.5. The maximum absolute atomic E-state index is 7.69. The molecule has 1 aliphatic heterocycles. The minimum absolute atomic E-state index is 0.919. The van der Waals surface area contributed by atoms with E-state index in [2.05, 4.69) is 241 Å². The summed E-state index contributed by atoms with van der Waals surface area (Å²) in [6.45, 7) is 0. The summed E-state index contributed by atoms with van der Waals surface area (Å²) in [6, 6.07) is 87.1. The van der Waals surface area contributed by atoms with Gasteiger partial charge in [0.05, 0.1) is 11.0 Å². The first kappa shape index (κ1) is 33.8. The Kier molecular flexibility index (Phi) is 8.55. The third-order valence-corrected chi connectivity index (χ3v) is 21.0. The summed E-state index contributed by atoms with van der Waals surface area (Å²) in [6.07, 6.45) is 0. The largest absolute Gasteiger partial charge is 0.456 e. The molecule has 0 saturated carbocycles. The zero-order chi connectivity index (χ0) is 37.4. The number of rotatable bonds is 8. The summed E-state index contributed by atoms with van der Waals surface area (Å²) in [4.78, 5) is 0. The van der Waals surface area contributed by atoms with Gasteiger partial charge in [0.2, 0.25) is 8.07 Å². The number of ether oxygens (including phenoxy) is 1. The molecule has 0 atom stereocenters. The Balaban J connectivity index is 1.53. The third-order valence-electron chi connectivity index (χ3n) is 11.5. The molecule has 8 aromatic carbocycles. The maximum Gasteiger partial charge on any atom is 0.208 e. The second-order valence-electron chi connectivity index (χ2n) is 14.4. The highest BCUT2D eigenvalue weighted by Gasteiger charge is 2.56. The molecule has 0 aliphatic carbocycles. The molecule has 0 radical (unpaired) electrons. The van der Waals surface area contributed by atoms with Gasteiger partial charge in [0.25, 0.3) is 0 Å². The Labute approximate surface area is 330 Å². The number of fused-ring (bicyclic) bond motifs is 2. The Morgan fingerprint density at radius 1 is 0.393 bits per heavy atom. The summed E-state index contributed by atoms with van der Waals surface area (Å²) < 4.78 is 10.3. The molecule has 0 spiro atoms. The van der Waals surface area contributed by atoms with Crippen LogP contribution in [-0.2, 0) is 0 Å². The number of para-hydroxylation sites is 2. The van der Waals surface area contributed by atoms with Gasteiger partial charge in [-0.05, 0) is 54.9 Å². The summed E-state index contributed by atoms with van der Waals surface area (Å²) >= 11 is 0. The van der Waals surface area contributed by atoms with E-state index in [4.69, 9.17) is 4.74 Å². The van der Waals surface area contributed by atoms with E-state index >= 15 is 0 Å². The molecule has 266 valence electrons. The van der Waals surface area contributed by atoms with Gasteiger partial charge in [-0.2, -0.15) is 0 Å². The van der Waals surface area contributed by atoms with Gasteiger partial charge in [0.1, 0.15) is 11.5 Å². The normalized spacial score (nSPS) is 12.9. The summed E-state index contributed by atoms with van der Waals surface area (Å²) in [5.41, 5.74) is 3.43. The van der Waals surface area contributed by atoms with E-state index in [-0.39, 0.29) is 0 Å². The van der Waals surface area contributed by atoms with Crippen LogP contribution in [0.2, 0.25) is 0 Å². The lowest BCUT2D eigenvalue weighted by Gasteiger charge is -2.40. The molecular formula is C52H39NOSi2. The monoisotopic (exact) mass is 749 g/mol. The van der Waals surface area contributed by atoms with Crippen molar-refractivity contribution in [1.82, 2.24) is 4.57 Å². The average molecular weight is 750 g/mol. The molecule has 2 heterocycles. The van der Waals surface area contributed by atoms with Gasteiger partial charge < -0.3 is 9.30 Å². The van der Waals surface area contributed by atoms with Crippen LogP contribution in [0.15, 0.2) is 237 Å². The smallest absolute Gasteiger partial charge is 0.208 e. The van der Waals surface area contributed by atoms with Crippen molar-refractivity contribution in [3.8, 4) is 28.4 Å². The van der Waals surface area contributed by atoms with E-state index < -0.39 is 16.1 Å². The van der Waals surface area contributed by atoms with Gasteiger partial charge in [-0.3, -0.25) is 0 Å². The fraction of sp³-hybridized carbons (Fsp3) is 0. The lowest BCUT2D eigenvalue weighted by Crippen LogP contribution is -2.78. The number of benzene rings is 8. The van der Waals surface area contributed by atoms with Gasteiger partial charge in [-0.25, -0.2) is 0 Å². The molecule has 0 bridgehead atoms. The van der Waals surface area contributed by atoms with Crippen molar-refractivity contribution < 1.29 is 4.74 Å². The first-order chi connectivity index (χ1) is 27.8. The van der Waals surface area contributed by atoms with E-state index in [0.717, 1.165) is 22.7 Å². The predicted octanol–water partition coefficient (Wildman–Crippen LogP) is 7.00. The molecule has 0 amide bonds. The number of nitrogens with zero attached hydrogens (tertiary/aromatic N) is 1. The van der Waals surface area contributed by atoms with Gasteiger partial charge in [0, 0.05) is 10.9 Å². The van der Waals surface area contributed by atoms with Gasteiger partial charge in [-0.15, -0.1) is 0 Å². The van der Waals surface area contributed by atoms with Crippen LogP contribution < -0.4 is 46.4 Å². The maximum atomic E-state index is 7.69. The first-order valence-corrected chi connectivity index (χ1v) is 23.3. The summed E-state index contributed by atoms with van der Waals surface area (Å²) in [5, 5.41) is 10.3. The van der Waals surface area contributed by atoms with Crippen molar-refractivity contribution in [2.45, 2.75) is 0 Å². The minimum atomic E-state index is -3.23. The molecule has 1 aromatic heterocycles. The quantitative estimate of drug-likeness (QED) is 0.121. The molecule has 4 heteroatoms. The summed E-state index contributed by atoms with van der Waals surface area (Å²) in [5.74, 6) is 1.89. The second kappa shape index (κ2) is 14.2. The van der Waals surface area contributed by atoms with E-state index in [1.807, 2.05) is 0 Å². The Bertz CT molecular complexity index is 2600. The van der Waals surface area contributed by atoms with Crippen LogP contribution in [0.25, 0.3) is 16.9 Å². The Morgan fingerprint density at radius 3 is 1.27 bits per heavy atom. The number of hydrogen-bond donors (Lipinski definition) is 0. The van der Waals surface area contributed by atoms with Crippen LogP contribution in [0.1, 0.15) is 0 Å². The molecule has 0 saturated heterocycles. The van der Waals surface area contributed by atoms with Crippen molar-refractivity contribution >= 4 is 57.8 Å². The topological polar surface area (TPSA) is 14.2 Å². The van der Waals surface area contributed by atoms with E-state index in [9.17, 15) is 0 Å². The summed E-state index contributed by atoms with van der Waals surface area (Å²) in [7, 11) is -6.40. The van der Waals surface area contributed by atoms with Gasteiger partial charge in [0.15, 0.2) is 8.07 Å². The standard InChI is InChI=1S/C52H39NOSi2/c1-8-24-40(25-9-1)49-51(55(42-28-12-3-13-29-42,43-30-14-4-15-31-43)44-32-16-5-17-33-44)50-52(53(49)41-26-10-2-11-27-41)56(45-34-18-6-19-35-45,46-36-20-7-21-37-46)48-39-23-22-38-47(48)54-50/h1-39H. The molecular weight excluding hydrogens is 711 g/mol. The van der Waals surface area contributed by atoms with Crippen molar-refractivity contribution in [3.63, 3.8) is 0 Å². The lowest BCUT2D eigenvalue weighted by molar-refractivity contribution is 0.490. The van der Waals surface area contributed by atoms with Crippen molar-refractivity contribution in [2.75, 3.05) is 0 Å². The van der Waals surface area contributed by atoms with Crippen LogP contribution in [-0.4, -0.2) is 20.7 Å². The molecule has 1 aliphatic rings. The number of aromatic nitrogens is 1. The van der Waals surface area contributed by atoms with Gasteiger partial charge in [-0.1, -0.05) is 218 Å². The van der Waals surface area contributed by atoms with Crippen molar-refractivity contribution in [2.24, 2.45) is 0 Å². The van der Waals surface area contributed by atoms with Crippen LogP contribution >= 0.6 is 0 Å². The molecule has 56 heavy (non-hydrogen) atoms. The van der Waals surface area contributed by atoms with Gasteiger partial charge >= 0.3 is 0 Å². The molecule has 10 rings (SSSR count). The first-order valence-electron chi connectivity index (χ1n) is 19.3. The highest BCUT2D eigenvalue weighted by molar-refractivity contribution is 7.23. The van der Waals surface area contributed by atoms with Crippen molar-refractivity contribution in [3.05, 3.63) is 237 Å². The van der Waals surface area contributed by atoms with Crippen molar-refractivity contribution in [1.29, 1.82) is 0 Å². The highest BCUT2D eigenvalue weighted by Crippen LogP contribution is 2.37. The highest BCUT2D eigenvalue weighted by atomic mass is 28.3. The van der Waals surface area contributed by atoms with Crippen LogP contribution in [0, 0.1) is 0 Å². The zero-order valence-corrected chi connectivity index (χ0v) is 32.9. The molecule has 0 unspecified atom stereocenters. The lowest BCUT2D eigenvalue weighted by atomic mass is 10.1.